The number of halogens is 1. The highest BCUT2D eigenvalue weighted by molar-refractivity contribution is 7.99. The average molecular weight is 320 g/mol. The number of hydrogen-bond acceptors (Lipinski definition) is 7. The van der Waals surface area contributed by atoms with Crippen molar-refractivity contribution in [3.8, 4) is 5.95 Å². The summed E-state index contributed by atoms with van der Waals surface area (Å²) in [7, 11) is 0. The van der Waals surface area contributed by atoms with Crippen molar-refractivity contribution >= 4 is 23.4 Å². The molecule has 0 aliphatic rings. The fourth-order valence-electron chi connectivity index (χ4n) is 1.73. The lowest BCUT2D eigenvalue weighted by Crippen LogP contribution is -2.04. The number of hydrogen-bond donors (Lipinski definition) is 0. The zero-order valence-electron chi connectivity index (χ0n) is 11.2. The molecule has 0 aliphatic carbocycles. The van der Waals surface area contributed by atoms with Crippen LogP contribution in [0.15, 0.2) is 35.0 Å². The molecule has 0 atom stereocenters. The smallest absolute Gasteiger partial charge is 0.246 e. The summed E-state index contributed by atoms with van der Waals surface area (Å²) in [6.07, 6.45) is 2.89. The molecule has 7 nitrogen and oxygen atoms in total. The zero-order chi connectivity index (χ0) is 14.8. The van der Waals surface area contributed by atoms with Gasteiger partial charge in [0.1, 0.15) is 17.7 Å². The molecule has 9 heteroatoms. The van der Waals surface area contributed by atoms with Crippen LogP contribution in [0.4, 0.5) is 0 Å². The number of aromatic nitrogens is 7. The standard InChI is InChI=1S/C12H10ClN7S/c1-7-3-8(2)16-9(4-7)21-12-18-10(13)17-11(19-12)20-6-14-5-15-20/h3-6H,1-2H3. The first-order chi connectivity index (χ1) is 10.1. The van der Waals surface area contributed by atoms with Gasteiger partial charge in [-0.1, -0.05) is 0 Å². The summed E-state index contributed by atoms with van der Waals surface area (Å²) in [6, 6.07) is 3.97. The van der Waals surface area contributed by atoms with E-state index < -0.39 is 0 Å². The minimum Gasteiger partial charge on any atom is -0.246 e. The molecule has 21 heavy (non-hydrogen) atoms. The normalized spacial score (nSPS) is 10.8. The topological polar surface area (TPSA) is 82.3 Å². The Labute approximate surface area is 129 Å². The molecule has 0 saturated heterocycles. The van der Waals surface area contributed by atoms with Crippen molar-refractivity contribution in [2.24, 2.45) is 0 Å². The van der Waals surface area contributed by atoms with Gasteiger partial charge in [0, 0.05) is 5.69 Å². The Morgan fingerprint density at radius 1 is 1.10 bits per heavy atom. The summed E-state index contributed by atoms with van der Waals surface area (Å²) in [5.74, 6) is 0.319. The van der Waals surface area contributed by atoms with Gasteiger partial charge in [0.2, 0.25) is 5.28 Å². The molecular formula is C12H10ClN7S. The van der Waals surface area contributed by atoms with Crippen molar-refractivity contribution < 1.29 is 0 Å². The number of aryl methyl sites for hydroxylation is 2. The molecule has 0 spiro atoms. The molecule has 0 amide bonds. The molecule has 0 unspecified atom stereocenters. The molecule has 0 fully saturated rings. The van der Waals surface area contributed by atoms with Crippen molar-refractivity contribution in [1.82, 2.24) is 34.7 Å². The summed E-state index contributed by atoms with van der Waals surface area (Å²) in [6.45, 7) is 3.96. The van der Waals surface area contributed by atoms with Crippen molar-refractivity contribution in [1.29, 1.82) is 0 Å². The predicted octanol–water partition coefficient (Wildman–Crippen LogP) is 2.27. The Morgan fingerprint density at radius 3 is 2.67 bits per heavy atom. The van der Waals surface area contributed by atoms with Crippen molar-refractivity contribution in [2.75, 3.05) is 0 Å². The maximum Gasteiger partial charge on any atom is 0.257 e. The lowest BCUT2D eigenvalue weighted by Gasteiger charge is -2.04. The molecule has 0 aromatic carbocycles. The maximum absolute atomic E-state index is 5.94. The van der Waals surface area contributed by atoms with Crippen molar-refractivity contribution in [3.63, 3.8) is 0 Å². The van der Waals surface area contributed by atoms with Gasteiger partial charge in [-0.25, -0.2) is 9.97 Å². The predicted molar refractivity (Wildman–Crippen MR) is 77.6 cm³/mol. The van der Waals surface area contributed by atoms with Gasteiger partial charge < -0.3 is 0 Å². The van der Waals surface area contributed by atoms with Crippen LogP contribution in [0, 0.1) is 13.8 Å². The Morgan fingerprint density at radius 2 is 1.95 bits per heavy atom. The van der Waals surface area contributed by atoms with Crippen LogP contribution in [0.25, 0.3) is 5.95 Å². The van der Waals surface area contributed by atoms with Crippen LogP contribution >= 0.6 is 23.4 Å². The summed E-state index contributed by atoms with van der Waals surface area (Å²) in [5.41, 5.74) is 2.07. The Hall–Kier alpha value is -2.06. The summed E-state index contributed by atoms with van der Waals surface area (Å²) >= 11 is 7.26. The maximum atomic E-state index is 5.94. The highest BCUT2D eigenvalue weighted by Crippen LogP contribution is 2.25. The van der Waals surface area contributed by atoms with E-state index in [1.807, 2.05) is 26.0 Å². The van der Waals surface area contributed by atoms with E-state index in [2.05, 4.69) is 30.0 Å². The van der Waals surface area contributed by atoms with Crippen LogP contribution in [0.2, 0.25) is 5.28 Å². The highest BCUT2D eigenvalue weighted by Gasteiger charge is 2.10. The quantitative estimate of drug-likeness (QED) is 0.732. The minimum absolute atomic E-state index is 0.0994. The molecule has 0 bridgehead atoms. The third-order valence-corrected chi connectivity index (χ3v) is 3.42. The second-order valence-electron chi connectivity index (χ2n) is 4.25. The molecule has 0 aliphatic heterocycles. The van der Waals surface area contributed by atoms with Crippen LogP contribution < -0.4 is 0 Å². The van der Waals surface area contributed by atoms with Crippen molar-refractivity contribution in [2.45, 2.75) is 24.0 Å². The van der Waals surface area contributed by atoms with Gasteiger partial charge in [0.15, 0.2) is 5.16 Å². The average Bonchev–Trinajstić information content (AvgIpc) is 2.90. The Bertz CT molecular complexity index is 755. The Kier molecular flexibility index (Phi) is 3.80. The van der Waals surface area contributed by atoms with Crippen LogP contribution in [-0.4, -0.2) is 34.7 Å². The monoisotopic (exact) mass is 319 g/mol. The van der Waals surface area contributed by atoms with E-state index in [0.717, 1.165) is 16.3 Å². The number of rotatable bonds is 3. The number of nitrogens with zero attached hydrogens (tertiary/aromatic N) is 7. The van der Waals surface area contributed by atoms with E-state index in [4.69, 9.17) is 11.6 Å². The van der Waals surface area contributed by atoms with Gasteiger partial charge in [-0.3, -0.25) is 0 Å². The molecule has 0 N–H and O–H groups in total. The lowest BCUT2D eigenvalue weighted by atomic mass is 10.3. The fraction of sp³-hybridized carbons (Fsp3) is 0.167. The SMILES string of the molecule is Cc1cc(C)nc(Sc2nc(Cl)nc(-n3cncn3)n2)c1. The zero-order valence-corrected chi connectivity index (χ0v) is 12.8. The molecule has 3 aromatic rings. The molecule has 0 radical (unpaired) electrons. The lowest BCUT2D eigenvalue weighted by molar-refractivity contribution is 0.757. The Balaban J connectivity index is 1.95. The second kappa shape index (κ2) is 5.74. The third-order valence-electron chi connectivity index (χ3n) is 2.47. The van der Waals surface area contributed by atoms with Gasteiger partial charge in [0.25, 0.3) is 5.95 Å². The van der Waals surface area contributed by atoms with Gasteiger partial charge in [-0.05, 0) is 54.9 Å². The van der Waals surface area contributed by atoms with Crippen LogP contribution in [0.3, 0.4) is 0 Å². The van der Waals surface area contributed by atoms with E-state index in [0.29, 0.717) is 11.1 Å². The fourth-order valence-corrected chi connectivity index (χ4v) is 2.82. The van der Waals surface area contributed by atoms with E-state index in [9.17, 15) is 0 Å². The van der Waals surface area contributed by atoms with Crippen LogP contribution in [0.1, 0.15) is 11.3 Å². The second-order valence-corrected chi connectivity index (χ2v) is 5.58. The van der Waals surface area contributed by atoms with E-state index in [1.54, 1.807) is 0 Å². The first kappa shape index (κ1) is 13.9. The molecule has 3 heterocycles. The largest absolute Gasteiger partial charge is 0.257 e. The van der Waals surface area contributed by atoms with Gasteiger partial charge in [-0.2, -0.15) is 24.7 Å². The van der Waals surface area contributed by atoms with Crippen LogP contribution in [-0.2, 0) is 0 Å². The van der Waals surface area contributed by atoms with Gasteiger partial charge in [-0.15, -0.1) is 0 Å². The minimum atomic E-state index is 0.0994. The first-order valence-corrected chi connectivity index (χ1v) is 7.19. The highest BCUT2D eigenvalue weighted by atomic mass is 35.5. The van der Waals surface area contributed by atoms with E-state index in [-0.39, 0.29) is 5.28 Å². The summed E-state index contributed by atoms with van der Waals surface area (Å²) in [5, 5.41) is 5.33. The summed E-state index contributed by atoms with van der Waals surface area (Å²) in [4.78, 5) is 20.7. The molecule has 3 aromatic heterocycles. The third kappa shape index (κ3) is 3.34. The van der Waals surface area contributed by atoms with E-state index in [1.165, 1.54) is 29.1 Å². The molecular weight excluding hydrogens is 310 g/mol. The van der Waals surface area contributed by atoms with Crippen molar-refractivity contribution in [3.05, 3.63) is 41.3 Å². The van der Waals surface area contributed by atoms with Gasteiger partial charge >= 0.3 is 0 Å². The number of pyridine rings is 1. The van der Waals surface area contributed by atoms with Crippen LogP contribution in [0.5, 0.6) is 0 Å². The van der Waals surface area contributed by atoms with E-state index >= 15 is 0 Å². The molecule has 106 valence electrons. The van der Waals surface area contributed by atoms with Gasteiger partial charge in [0.05, 0.1) is 0 Å². The summed E-state index contributed by atoms with van der Waals surface area (Å²) < 4.78 is 1.42. The molecule has 0 saturated carbocycles. The first-order valence-electron chi connectivity index (χ1n) is 6.00. The molecule has 3 rings (SSSR count).